The Bertz CT molecular complexity index is 121. The van der Waals surface area contributed by atoms with Gasteiger partial charge in [-0.1, -0.05) is 0 Å². The monoisotopic (exact) mass is 162 g/mol. The summed E-state index contributed by atoms with van der Waals surface area (Å²) in [6, 6.07) is 0. The Kier molecular flexibility index (Phi) is 2.63. The molecule has 0 aliphatic heterocycles. The van der Waals surface area contributed by atoms with Crippen LogP contribution >= 0.6 is 0 Å². The van der Waals surface area contributed by atoms with Gasteiger partial charge in [0, 0.05) is 0 Å². The molecule has 0 spiro atoms. The molecule has 56 valence electrons. The fourth-order valence-electron chi connectivity index (χ4n) is 0.114. The molecule has 2 unspecified atom stereocenters. The maximum atomic E-state index is 11.3. The predicted molar refractivity (Wildman–Crippen MR) is 26.3 cm³/mol. The molecule has 2 nitrogen and oxygen atoms in total. The van der Waals surface area contributed by atoms with Crippen molar-refractivity contribution < 1.29 is 21.9 Å². The minimum atomic E-state index is -4.57. The van der Waals surface area contributed by atoms with Gasteiger partial charge in [-0.3, -0.25) is 0 Å². The lowest BCUT2D eigenvalue weighted by atomic mass is 10.5. The van der Waals surface area contributed by atoms with Gasteiger partial charge in [0.2, 0.25) is 0 Å². The Hall–Kier alpha value is -0.100. The van der Waals surface area contributed by atoms with Gasteiger partial charge in [0.1, 0.15) is 0 Å². The summed E-state index contributed by atoms with van der Waals surface area (Å²) in [7, 11) is 0. The second-order valence-corrected chi connectivity index (χ2v) is 2.72. The highest BCUT2D eigenvalue weighted by atomic mass is 32.2. The number of halogens is 3. The first-order chi connectivity index (χ1) is 3.85. The first-order valence-electron chi connectivity index (χ1n) is 2.02. The highest BCUT2D eigenvalue weighted by molar-refractivity contribution is 7.79. The molecule has 0 aromatic heterocycles. The van der Waals surface area contributed by atoms with Gasteiger partial charge in [0.05, 0.1) is 0 Å². The first-order valence-corrected chi connectivity index (χ1v) is 3.19. The Morgan fingerprint density at radius 1 is 1.56 bits per heavy atom. The van der Waals surface area contributed by atoms with Gasteiger partial charge in [-0.25, -0.2) is 4.21 Å². The van der Waals surface area contributed by atoms with E-state index in [9.17, 15) is 17.4 Å². The summed E-state index contributed by atoms with van der Waals surface area (Å²) in [4.78, 5) is 0. The minimum Gasteiger partial charge on any atom is -0.306 e. The largest absolute Gasteiger partial charge is 0.405 e. The summed E-state index contributed by atoms with van der Waals surface area (Å²) >= 11 is -2.80. The number of hydrogen-bond acceptors (Lipinski definition) is 1. The minimum absolute atomic E-state index is 0.649. The van der Waals surface area contributed by atoms with E-state index in [-0.39, 0.29) is 0 Å². The number of alkyl halides is 3. The molecule has 0 fully saturated rings. The molecule has 6 heteroatoms. The van der Waals surface area contributed by atoms with E-state index in [1.54, 1.807) is 0 Å². The van der Waals surface area contributed by atoms with Gasteiger partial charge in [-0.05, 0) is 6.92 Å². The van der Waals surface area contributed by atoms with Crippen molar-refractivity contribution in [1.82, 2.24) is 0 Å². The SMILES string of the molecule is CC(S(=O)O)C(F)(F)F. The molecule has 0 bridgehead atoms. The molecule has 0 saturated heterocycles. The Morgan fingerprint density at radius 2 is 1.89 bits per heavy atom. The summed E-state index contributed by atoms with van der Waals surface area (Å²) in [5.41, 5.74) is 0. The third-order valence-corrected chi connectivity index (χ3v) is 1.64. The van der Waals surface area contributed by atoms with Crippen LogP contribution in [-0.4, -0.2) is 20.2 Å². The molecule has 1 N–H and O–H groups in total. The summed E-state index contributed by atoms with van der Waals surface area (Å²) in [5.74, 6) is 0. The van der Waals surface area contributed by atoms with Gasteiger partial charge in [-0.2, -0.15) is 13.2 Å². The van der Waals surface area contributed by atoms with E-state index in [4.69, 9.17) is 4.55 Å². The molecular formula is C3H5F3O2S. The fourth-order valence-corrected chi connectivity index (χ4v) is 0.343. The van der Waals surface area contributed by atoms with Crippen LogP contribution in [0.5, 0.6) is 0 Å². The molecule has 9 heavy (non-hydrogen) atoms. The number of rotatable bonds is 1. The second kappa shape index (κ2) is 2.66. The quantitative estimate of drug-likeness (QED) is 0.587. The Labute approximate surface area is 52.3 Å². The summed E-state index contributed by atoms with van der Waals surface area (Å²) in [6.07, 6.45) is -4.57. The van der Waals surface area contributed by atoms with Gasteiger partial charge in [-0.15, -0.1) is 0 Å². The normalized spacial score (nSPS) is 19.2. The fraction of sp³-hybridized carbons (Fsp3) is 1.00. The van der Waals surface area contributed by atoms with Crippen molar-refractivity contribution in [2.75, 3.05) is 0 Å². The van der Waals surface area contributed by atoms with Crippen molar-refractivity contribution in [1.29, 1.82) is 0 Å². The second-order valence-electron chi connectivity index (χ2n) is 1.46. The van der Waals surface area contributed by atoms with E-state index in [0.717, 1.165) is 0 Å². The maximum absolute atomic E-state index is 11.3. The molecule has 0 saturated carbocycles. The van der Waals surface area contributed by atoms with Crippen LogP contribution in [0.15, 0.2) is 0 Å². The summed E-state index contributed by atoms with van der Waals surface area (Å²) in [5, 5.41) is -2.16. The Balaban J connectivity index is 4.04. The van der Waals surface area contributed by atoms with E-state index in [1.807, 2.05) is 0 Å². The summed E-state index contributed by atoms with van der Waals surface area (Å²) < 4.78 is 51.7. The zero-order valence-corrected chi connectivity index (χ0v) is 5.29. The van der Waals surface area contributed by atoms with Crippen molar-refractivity contribution in [2.45, 2.75) is 18.3 Å². The van der Waals surface area contributed by atoms with Crippen molar-refractivity contribution >= 4 is 11.1 Å². The van der Waals surface area contributed by atoms with Crippen LogP contribution in [0.25, 0.3) is 0 Å². The van der Waals surface area contributed by atoms with Crippen LogP contribution in [0, 0.1) is 0 Å². The van der Waals surface area contributed by atoms with Crippen LogP contribution in [0.1, 0.15) is 6.92 Å². The molecule has 0 aromatic carbocycles. The van der Waals surface area contributed by atoms with E-state index < -0.39 is 22.5 Å². The zero-order chi connectivity index (χ0) is 7.65. The lowest BCUT2D eigenvalue weighted by molar-refractivity contribution is -0.127. The molecular weight excluding hydrogens is 157 g/mol. The van der Waals surface area contributed by atoms with Crippen LogP contribution < -0.4 is 0 Å². The molecule has 0 heterocycles. The molecule has 0 aromatic rings. The van der Waals surface area contributed by atoms with Crippen molar-refractivity contribution in [3.63, 3.8) is 0 Å². The first kappa shape index (κ1) is 8.90. The Morgan fingerprint density at radius 3 is 1.89 bits per heavy atom. The van der Waals surface area contributed by atoms with E-state index in [2.05, 4.69) is 0 Å². The summed E-state index contributed by atoms with van der Waals surface area (Å²) in [6.45, 7) is 0.649. The molecule has 2 atom stereocenters. The molecule has 0 rings (SSSR count). The zero-order valence-electron chi connectivity index (χ0n) is 4.47. The van der Waals surface area contributed by atoms with Gasteiger partial charge >= 0.3 is 6.18 Å². The standard InChI is InChI=1S/C3H5F3O2S/c1-2(9(7)8)3(4,5)6/h2H,1H3,(H,7,8). The van der Waals surface area contributed by atoms with Gasteiger partial charge < -0.3 is 4.55 Å². The van der Waals surface area contributed by atoms with Gasteiger partial charge in [0.15, 0.2) is 16.3 Å². The smallest absolute Gasteiger partial charge is 0.306 e. The number of hydrogen-bond donors (Lipinski definition) is 1. The molecule has 0 aliphatic carbocycles. The van der Waals surface area contributed by atoms with Crippen LogP contribution in [0.2, 0.25) is 0 Å². The van der Waals surface area contributed by atoms with Gasteiger partial charge in [0.25, 0.3) is 0 Å². The highest BCUT2D eigenvalue weighted by Gasteiger charge is 2.39. The third kappa shape index (κ3) is 2.81. The predicted octanol–water partition coefficient (Wildman–Crippen LogP) is 1.16. The van der Waals surface area contributed by atoms with E-state index in [0.29, 0.717) is 6.92 Å². The lowest BCUT2D eigenvalue weighted by Crippen LogP contribution is -2.29. The molecule has 0 amide bonds. The van der Waals surface area contributed by atoms with Crippen LogP contribution in [0.4, 0.5) is 13.2 Å². The highest BCUT2D eigenvalue weighted by Crippen LogP contribution is 2.22. The average molecular weight is 162 g/mol. The van der Waals surface area contributed by atoms with Crippen LogP contribution in [-0.2, 0) is 11.1 Å². The van der Waals surface area contributed by atoms with E-state index >= 15 is 0 Å². The van der Waals surface area contributed by atoms with Crippen molar-refractivity contribution in [3.05, 3.63) is 0 Å². The molecule has 0 radical (unpaired) electrons. The van der Waals surface area contributed by atoms with Crippen molar-refractivity contribution in [3.8, 4) is 0 Å². The van der Waals surface area contributed by atoms with Crippen molar-refractivity contribution in [2.24, 2.45) is 0 Å². The van der Waals surface area contributed by atoms with Crippen LogP contribution in [0.3, 0.4) is 0 Å². The topological polar surface area (TPSA) is 37.3 Å². The third-order valence-electron chi connectivity index (χ3n) is 0.763. The van der Waals surface area contributed by atoms with E-state index in [1.165, 1.54) is 0 Å². The molecule has 0 aliphatic rings. The maximum Gasteiger partial charge on any atom is 0.405 e. The lowest BCUT2D eigenvalue weighted by Gasteiger charge is -2.09. The average Bonchev–Trinajstić information content (AvgIpc) is 1.62.